The topological polar surface area (TPSA) is 29.9 Å². The molecule has 0 fully saturated rings. The van der Waals surface area contributed by atoms with Crippen molar-refractivity contribution in [3.8, 4) is 0 Å². The van der Waals surface area contributed by atoms with Crippen LogP contribution < -0.4 is 5.32 Å². The number of rotatable bonds is 3. The first-order valence-electron chi connectivity index (χ1n) is 5.24. The van der Waals surface area contributed by atoms with Crippen LogP contribution >= 0.6 is 27.5 Å². The van der Waals surface area contributed by atoms with Crippen molar-refractivity contribution in [2.45, 2.75) is 13.5 Å². The minimum Gasteiger partial charge on any atom is -0.377 e. The molecule has 3 nitrogen and oxygen atoms in total. The van der Waals surface area contributed by atoms with Crippen molar-refractivity contribution >= 4 is 33.2 Å². The van der Waals surface area contributed by atoms with Gasteiger partial charge in [0.2, 0.25) is 0 Å². The molecule has 0 spiro atoms. The van der Waals surface area contributed by atoms with E-state index in [1.807, 2.05) is 17.7 Å². The standard InChI is InChI=1S/C12H13BrClN3/c1-8-3-4-10(9(13)5-8)15-7-12-16-6-11(14)17(12)2/h3-6,15H,7H2,1-2H3. The maximum atomic E-state index is 5.93. The summed E-state index contributed by atoms with van der Waals surface area (Å²) in [6, 6.07) is 6.19. The van der Waals surface area contributed by atoms with E-state index in [0.717, 1.165) is 16.0 Å². The average molecular weight is 315 g/mol. The number of hydrogen-bond donors (Lipinski definition) is 1. The zero-order valence-corrected chi connectivity index (χ0v) is 12.0. The Labute approximate surface area is 114 Å². The van der Waals surface area contributed by atoms with Gasteiger partial charge in [-0.15, -0.1) is 0 Å². The van der Waals surface area contributed by atoms with Gasteiger partial charge in [-0.25, -0.2) is 4.98 Å². The fourth-order valence-electron chi connectivity index (χ4n) is 1.53. The number of imidazole rings is 1. The Balaban J connectivity index is 2.10. The van der Waals surface area contributed by atoms with Gasteiger partial charge in [-0.1, -0.05) is 17.7 Å². The number of nitrogens with one attached hydrogen (secondary N) is 1. The average Bonchev–Trinajstić information content (AvgIpc) is 2.59. The van der Waals surface area contributed by atoms with E-state index in [1.54, 1.807) is 6.20 Å². The second-order valence-electron chi connectivity index (χ2n) is 3.89. The Bertz CT molecular complexity index is 537. The number of nitrogens with zero attached hydrogens (tertiary/aromatic N) is 2. The van der Waals surface area contributed by atoms with Gasteiger partial charge < -0.3 is 9.88 Å². The van der Waals surface area contributed by atoms with Gasteiger partial charge in [-0.05, 0) is 40.5 Å². The van der Waals surface area contributed by atoms with Crippen LogP contribution in [0.25, 0.3) is 0 Å². The summed E-state index contributed by atoms with van der Waals surface area (Å²) in [7, 11) is 1.90. The molecule has 0 saturated heterocycles. The fourth-order valence-corrected chi connectivity index (χ4v) is 2.31. The molecule has 2 aromatic rings. The van der Waals surface area contributed by atoms with E-state index < -0.39 is 0 Å². The maximum absolute atomic E-state index is 5.93. The van der Waals surface area contributed by atoms with Crippen molar-refractivity contribution in [1.29, 1.82) is 0 Å². The van der Waals surface area contributed by atoms with Crippen LogP contribution in [0.15, 0.2) is 28.9 Å². The highest BCUT2D eigenvalue weighted by molar-refractivity contribution is 9.10. The zero-order valence-electron chi connectivity index (χ0n) is 9.67. The predicted molar refractivity (Wildman–Crippen MR) is 74.4 cm³/mol. The second kappa shape index (κ2) is 5.10. The summed E-state index contributed by atoms with van der Waals surface area (Å²) in [5.74, 6) is 0.905. The minimum absolute atomic E-state index is 0.643. The monoisotopic (exact) mass is 313 g/mol. The number of anilines is 1. The normalized spacial score (nSPS) is 10.6. The Morgan fingerprint density at radius 2 is 2.24 bits per heavy atom. The minimum atomic E-state index is 0.643. The SMILES string of the molecule is Cc1ccc(NCc2ncc(Cl)n2C)c(Br)c1. The molecular formula is C12H13BrClN3. The first kappa shape index (κ1) is 12.5. The molecule has 0 aliphatic carbocycles. The lowest BCUT2D eigenvalue weighted by Crippen LogP contribution is -2.06. The van der Waals surface area contributed by atoms with Gasteiger partial charge in [0.25, 0.3) is 0 Å². The Morgan fingerprint density at radius 3 is 2.82 bits per heavy atom. The molecule has 0 saturated carbocycles. The smallest absolute Gasteiger partial charge is 0.128 e. The van der Waals surface area contributed by atoms with Gasteiger partial charge >= 0.3 is 0 Å². The summed E-state index contributed by atoms with van der Waals surface area (Å²) >= 11 is 9.46. The van der Waals surface area contributed by atoms with Crippen molar-refractivity contribution < 1.29 is 0 Å². The van der Waals surface area contributed by atoms with E-state index in [2.05, 4.69) is 45.3 Å². The van der Waals surface area contributed by atoms with Crippen molar-refractivity contribution in [1.82, 2.24) is 9.55 Å². The molecule has 5 heteroatoms. The summed E-state index contributed by atoms with van der Waals surface area (Å²) in [5.41, 5.74) is 2.28. The number of halogens is 2. The van der Waals surface area contributed by atoms with Gasteiger partial charge in [0, 0.05) is 17.2 Å². The van der Waals surface area contributed by atoms with Gasteiger partial charge in [0.15, 0.2) is 0 Å². The first-order valence-corrected chi connectivity index (χ1v) is 6.41. The largest absolute Gasteiger partial charge is 0.377 e. The van der Waals surface area contributed by atoms with Gasteiger partial charge in [-0.3, -0.25) is 0 Å². The highest BCUT2D eigenvalue weighted by Gasteiger charge is 2.05. The van der Waals surface area contributed by atoms with Crippen LogP contribution in [-0.2, 0) is 13.6 Å². The van der Waals surface area contributed by atoms with Crippen molar-refractivity contribution in [2.24, 2.45) is 7.05 Å². The molecule has 0 aliphatic heterocycles. The van der Waals surface area contributed by atoms with Crippen LogP contribution in [0.3, 0.4) is 0 Å². The highest BCUT2D eigenvalue weighted by Crippen LogP contribution is 2.23. The Morgan fingerprint density at radius 1 is 1.47 bits per heavy atom. The molecule has 0 amide bonds. The molecule has 0 bridgehead atoms. The highest BCUT2D eigenvalue weighted by atomic mass is 79.9. The lowest BCUT2D eigenvalue weighted by atomic mass is 10.2. The number of aromatic nitrogens is 2. The van der Waals surface area contributed by atoms with Crippen LogP contribution in [0.2, 0.25) is 5.15 Å². The number of aryl methyl sites for hydroxylation is 1. The lowest BCUT2D eigenvalue weighted by molar-refractivity contribution is 0.813. The van der Waals surface area contributed by atoms with Crippen molar-refractivity contribution in [2.75, 3.05) is 5.32 Å². The molecule has 0 aliphatic rings. The summed E-state index contributed by atoms with van der Waals surface area (Å²) in [6.07, 6.45) is 1.66. The third-order valence-corrected chi connectivity index (χ3v) is 3.60. The summed E-state index contributed by atoms with van der Waals surface area (Å²) < 4.78 is 2.91. The maximum Gasteiger partial charge on any atom is 0.128 e. The third-order valence-electron chi connectivity index (χ3n) is 2.59. The molecule has 1 heterocycles. The van der Waals surface area contributed by atoms with Crippen molar-refractivity contribution in [3.05, 3.63) is 45.4 Å². The lowest BCUT2D eigenvalue weighted by Gasteiger charge is -2.09. The van der Waals surface area contributed by atoms with Crippen LogP contribution in [0.4, 0.5) is 5.69 Å². The molecule has 0 atom stereocenters. The van der Waals surface area contributed by atoms with Crippen LogP contribution in [0, 0.1) is 6.92 Å². The third kappa shape index (κ3) is 2.82. The van der Waals surface area contributed by atoms with Gasteiger partial charge in [0.1, 0.15) is 11.0 Å². The van der Waals surface area contributed by atoms with E-state index >= 15 is 0 Å². The summed E-state index contributed by atoms with van der Waals surface area (Å²) in [6.45, 7) is 2.71. The molecule has 17 heavy (non-hydrogen) atoms. The Kier molecular flexibility index (Phi) is 3.74. The van der Waals surface area contributed by atoms with Crippen LogP contribution in [0.5, 0.6) is 0 Å². The summed E-state index contributed by atoms with van der Waals surface area (Å²) in [4.78, 5) is 4.23. The van der Waals surface area contributed by atoms with E-state index in [9.17, 15) is 0 Å². The van der Waals surface area contributed by atoms with E-state index in [-0.39, 0.29) is 0 Å². The van der Waals surface area contributed by atoms with E-state index in [4.69, 9.17) is 11.6 Å². The van der Waals surface area contributed by atoms with E-state index in [0.29, 0.717) is 11.7 Å². The summed E-state index contributed by atoms with van der Waals surface area (Å²) in [5, 5.41) is 3.97. The fraction of sp³-hybridized carbons (Fsp3) is 0.250. The quantitative estimate of drug-likeness (QED) is 0.935. The molecule has 0 radical (unpaired) electrons. The molecule has 90 valence electrons. The second-order valence-corrected chi connectivity index (χ2v) is 5.13. The van der Waals surface area contributed by atoms with Crippen LogP contribution in [-0.4, -0.2) is 9.55 Å². The molecule has 1 N–H and O–H groups in total. The molecule has 0 unspecified atom stereocenters. The molecule has 1 aromatic heterocycles. The number of hydrogen-bond acceptors (Lipinski definition) is 2. The van der Waals surface area contributed by atoms with Crippen LogP contribution in [0.1, 0.15) is 11.4 Å². The Hall–Kier alpha value is -1.00. The molecule has 1 aromatic carbocycles. The molecule has 2 rings (SSSR count). The van der Waals surface area contributed by atoms with Gasteiger partial charge in [0.05, 0.1) is 12.7 Å². The zero-order chi connectivity index (χ0) is 12.4. The predicted octanol–water partition coefficient (Wildman–Crippen LogP) is 3.76. The van der Waals surface area contributed by atoms with Crippen molar-refractivity contribution in [3.63, 3.8) is 0 Å². The number of benzene rings is 1. The molecular weight excluding hydrogens is 302 g/mol. The van der Waals surface area contributed by atoms with E-state index in [1.165, 1.54) is 5.56 Å². The first-order chi connectivity index (χ1) is 8.08. The van der Waals surface area contributed by atoms with Gasteiger partial charge in [-0.2, -0.15) is 0 Å².